The Morgan fingerprint density at radius 1 is 0.758 bits per heavy atom. The van der Waals surface area contributed by atoms with Gasteiger partial charge >= 0.3 is 56.5 Å². The summed E-state index contributed by atoms with van der Waals surface area (Å²) in [6, 6.07) is 0. The van der Waals surface area contributed by atoms with Gasteiger partial charge in [0.1, 0.15) is 5.60 Å². The topological polar surface area (TPSA) is 46.5 Å². The summed E-state index contributed by atoms with van der Waals surface area (Å²) in [6.45, 7) is 1.55. The van der Waals surface area contributed by atoms with Crippen LogP contribution in [-0.4, -0.2) is 22.3 Å². The zero-order valence-electron chi connectivity index (χ0n) is 18.0. The summed E-state index contributed by atoms with van der Waals surface area (Å²) in [5, 5.41) is 10.1. The second-order valence-electron chi connectivity index (χ2n) is 10.9. The molecular formula is C24H43I6O3-. The summed E-state index contributed by atoms with van der Waals surface area (Å²) in [4.78, 5) is 11.1. The molecule has 0 aromatic rings. The van der Waals surface area contributed by atoms with Crippen molar-refractivity contribution in [3.05, 3.63) is 0 Å². The van der Waals surface area contributed by atoms with E-state index >= 15 is 0 Å². The van der Waals surface area contributed by atoms with Crippen molar-refractivity contribution in [2.45, 2.75) is 110 Å². The molecule has 0 aliphatic heterocycles. The van der Waals surface area contributed by atoms with E-state index in [4.69, 9.17) is 4.74 Å². The molecular weight excluding hydrogens is 1100 g/mol. The molecule has 200 valence electrons. The van der Waals surface area contributed by atoms with Crippen molar-refractivity contribution in [3.63, 3.8) is 0 Å². The van der Waals surface area contributed by atoms with Crippen LogP contribution in [0.4, 0.5) is 0 Å². The fraction of sp³-hybridized carbons (Fsp3) is 0.958. The largest absolute Gasteiger partial charge is 0.390 e. The minimum Gasteiger partial charge on any atom is -0.390 e. The normalized spacial score (nSPS) is 41.9. The number of carbonyl (C=O) groups excluding carboxylic acids is 1. The van der Waals surface area contributed by atoms with Gasteiger partial charge in [-0.1, -0.05) is 14.9 Å². The molecule has 0 unspecified atom stereocenters. The summed E-state index contributed by atoms with van der Waals surface area (Å²) in [5.41, 5.74) is -0.227. The Morgan fingerprint density at radius 2 is 1.00 bits per heavy atom. The molecule has 0 radical (unpaired) electrons. The quantitative estimate of drug-likeness (QED) is 0.230. The van der Waals surface area contributed by atoms with E-state index in [1.54, 1.807) is 6.92 Å². The molecule has 0 aromatic carbocycles. The average Bonchev–Trinajstić information content (AvgIpc) is 2.60. The maximum absolute atomic E-state index is 11.1. The molecule has 8 aliphatic rings. The molecule has 8 bridgehead atoms. The number of aliphatic hydroxyl groups is 1. The minimum absolute atomic E-state index is 0. The third-order valence-corrected chi connectivity index (χ3v) is 8.35. The number of hydrogen-bond acceptors (Lipinski definition) is 3. The fourth-order valence-electron chi connectivity index (χ4n) is 8.53. The van der Waals surface area contributed by atoms with Crippen molar-refractivity contribution >= 4 is 104 Å². The molecule has 3 nitrogen and oxygen atoms in total. The van der Waals surface area contributed by atoms with Crippen LogP contribution in [0.15, 0.2) is 0 Å². The van der Waals surface area contributed by atoms with Gasteiger partial charge in [-0.25, -0.2) is 0 Å². The van der Waals surface area contributed by atoms with E-state index in [-0.39, 0.29) is 56.0 Å². The molecule has 8 fully saturated rings. The molecule has 1 N–H and O–H groups in total. The summed E-state index contributed by atoms with van der Waals surface area (Å²) in [7, 11) is 0. The van der Waals surface area contributed by atoms with Crippen LogP contribution in [0.2, 0.25) is 0 Å². The van der Waals surface area contributed by atoms with Crippen molar-refractivity contribution in [2.75, 3.05) is 0 Å². The number of esters is 1. The Bertz CT molecular complexity index is 518. The molecule has 0 aromatic heterocycles. The summed E-state index contributed by atoms with van der Waals surface area (Å²) < 4.78 is 5.61. The number of rotatable bonds is 1. The third-order valence-electron chi connectivity index (χ3n) is 8.35. The van der Waals surface area contributed by atoms with Crippen LogP contribution in [-0.2, 0) is 9.53 Å². The smallest absolute Gasteiger partial charge is 0.0655 e. The molecule has 0 saturated heterocycles. The van der Waals surface area contributed by atoms with E-state index in [9.17, 15) is 9.90 Å². The second-order valence-corrected chi connectivity index (χ2v) is 27.1. The first-order chi connectivity index (χ1) is 14.3. The van der Waals surface area contributed by atoms with Crippen molar-refractivity contribution in [3.8, 4) is 0 Å². The van der Waals surface area contributed by atoms with Gasteiger partial charge < -0.3 is 9.84 Å². The van der Waals surface area contributed by atoms with Crippen molar-refractivity contribution < 1.29 is 27.9 Å². The van der Waals surface area contributed by atoms with E-state index in [0.717, 1.165) is 74.0 Å². The van der Waals surface area contributed by atoms with E-state index in [1.165, 1.54) is 38.5 Å². The molecule has 8 saturated carbocycles. The Kier molecular flexibility index (Phi) is 18.7. The molecule has 9 heteroatoms. The second kappa shape index (κ2) is 16.8. The van der Waals surface area contributed by atoms with Gasteiger partial charge in [0, 0.05) is 44.2 Å². The SMILES string of the molecule is C.C.CC(=O)OC12CC3CC(CC(C3)C1)C2.I.II.I[I-]I.OC12CC3CC(CC(C3)C1)C2. The van der Waals surface area contributed by atoms with Crippen molar-refractivity contribution in [1.29, 1.82) is 0 Å². The number of hydrogen-bond donors (Lipinski definition) is 1. The summed E-state index contributed by atoms with van der Waals surface area (Å²) in [5.74, 6) is 5.19. The summed E-state index contributed by atoms with van der Waals surface area (Å²) >= 11 is 9.54. The fourth-order valence-corrected chi connectivity index (χ4v) is 8.53. The van der Waals surface area contributed by atoms with Crippen LogP contribution in [0.1, 0.15) is 98.8 Å². The third kappa shape index (κ3) is 10.4. The van der Waals surface area contributed by atoms with Crippen LogP contribution in [0.3, 0.4) is 0 Å². The van der Waals surface area contributed by atoms with Gasteiger partial charge in [0.2, 0.25) is 0 Å². The maximum atomic E-state index is 11.1. The van der Waals surface area contributed by atoms with E-state index in [1.807, 2.05) is 0 Å². The Hall–Kier alpha value is 3.81. The van der Waals surface area contributed by atoms with E-state index in [2.05, 4.69) is 74.5 Å². The zero-order valence-corrected chi connectivity index (χ0v) is 31.1. The predicted octanol–water partition coefficient (Wildman–Crippen LogP) is 6.90. The molecule has 8 aliphatic carbocycles. The van der Waals surface area contributed by atoms with Crippen molar-refractivity contribution in [1.82, 2.24) is 0 Å². The molecule has 0 atom stereocenters. The van der Waals surface area contributed by atoms with Gasteiger partial charge in [0.25, 0.3) is 0 Å². The van der Waals surface area contributed by atoms with Gasteiger partial charge in [-0.3, -0.25) is 4.79 Å². The van der Waals surface area contributed by atoms with Gasteiger partial charge in [-0.2, -0.15) is 0 Å². The van der Waals surface area contributed by atoms with E-state index < -0.39 is 0 Å². The predicted molar refractivity (Wildman–Crippen MR) is 181 cm³/mol. The van der Waals surface area contributed by atoms with Crippen molar-refractivity contribution in [2.24, 2.45) is 35.5 Å². The van der Waals surface area contributed by atoms with Crippen LogP contribution < -0.4 is 13.3 Å². The monoisotopic (exact) mass is 1140 g/mol. The first-order valence-corrected chi connectivity index (χ1v) is 30.1. The van der Waals surface area contributed by atoms with Gasteiger partial charge in [0.15, 0.2) is 0 Å². The number of halogens is 6. The van der Waals surface area contributed by atoms with Crippen LogP contribution in [0.25, 0.3) is 0 Å². The molecule has 8 rings (SSSR count). The van der Waals surface area contributed by atoms with Gasteiger partial charge in [0.05, 0.1) is 5.60 Å². The molecule has 33 heavy (non-hydrogen) atoms. The maximum Gasteiger partial charge on any atom is 0.0655 e. The molecule has 0 heterocycles. The first kappa shape index (κ1) is 36.8. The first-order valence-electron chi connectivity index (χ1n) is 11.2. The van der Waals surface area contributed by atoms with Crippen LogP contribution in [0, 0.1) is 35.5 Å². The Morgan fingerprint density at radius 3 is 1.21 bits per heavy atom. The van der Waals surface area contributed by atoms with Crippen LogP contribution in [0.5, 0.6) is 0 Å². The van der Waals surface area contributed by atoms with Gasteiger partial charge in [-0.05, 0) is 113 Å². The average molecular weight is 1140 g/mol. The Balaban J connectivity index is 0.000000490. The molecule has 0 spiro atoms. The number of carbonyl (C=O) groups is 1. The zero-order chi connectivity index (χ0) is 21.9. The number of ether oxygens (including phenoxy) is 1. The van der Waals surface area contributed by atoms with E-state index in [0.29, 0.717) is 13.3 Å². The minimum atomic E-state index is -0.200. The standard InChI is InChI=1S/C12H18O2.C10H16O.2CH4.I3.I2.HI/c1-8(13)14-12-5-9-2-10(6-12)4-11(3-9)7-12;11-10-4-7-1-8(5-10)3-9(2-7)6-10;;;1-3-2;1-2;/h9-11H,2-7H2,1H3;7-9,11H,1-6H2;2*1H4;;;1H/q;;;;-1;;. The Labute approximate surface area is 273 Å². The van der Waals surface area contributed by atoms with Crippen LogP contribution >= 0.6 is 98.4 Å². The summed E-state index contributed by atoms with van der Waals surface area (Å²) in [6.07, 6.45) is 15.3. The van der Waals surface area contributed by atoms with Gasteiger partial charge in [-0.15, -0.1) is 24.0 Å². The molecule has 0 amide bonds.